The number of rotatable bonds is 5. The molecule has 2 saturated heterocycles. The van der Waals surface area contributed by atoms with Crippen molar-refractivity contribution in [2.45, 2.75) is 51.4 Å². The van der Waals surface area contributed by atoms with Gasteiger partial charge in [-0.15, -0.1) is 12.4 Å². The van der Waals surface area contributed by atoms with Gasteiger partial charge in [0.25, 0.3) is 5.91 Å². The van der Waals surface area contributed by atoms with Gasteiger partial charge in [-0.1, -0.05) is 13.8 Å². The molecule has 3 atom stereocenters. The first-order valence-electron chi connectivity index (χ1n) is 7.36. The number of carbonyl (C=O) groups excluding carboxylic acids is 1. The smallest absolute Gasteiger partial charge is 0.251 e. The fraction of sp³-hybridized carbons (Fsp3) is 0.929. The summed E-state index contributed by atoms with van der Waals surface area (Å²) in [5.74, 6) is 0.653. The molecule has 0 saturated carbocycles. The quantitative estimate of drug-likeness (QED) is 0.828. The van der Waals surface area contributed by atoms with E-state index in [-0.39, 0.29) is 36.6 Å². The molecule has 20 heavy (non-hydrogen) atoms. The maximum absolute atomic E-state index is 12.3. The molecule has 2 heterocycles. The summed E-state index contributed by atoms with van der Waals surface area (Å²) in [5.41, 5.74) is 5.57. The Morgan fingerprint density at radius 1 is 1.40 bits per heavy atom. The number of nitrogens with two attached hydrogens (primary N) is 1. The lowest BCUT2D eigenvalue weighted by Crippen LogP contribution is -2.39. The van der Waals surface area contributed by atoms with Crippen molar-refractivity contribution in [2.75, 3.05) is 26.2 Å². The molecular formula is C14H27ClN2O3. The fourth-order valence-corrected chi connectivity index (χ4v) is 2.66. The van der Waals surface area contributed by atoms with E-state index < -0.39 is 0 Å². The van der Waals surface area contributed by atoms with Crippen LogP contribution in [0.4, 0.5) is 0 Å². The van der Waals surface area contributed by atoms with Crippen LogP contribution in [-0.4, -0.2) is 55.4 Å². The molecule has 0 spiro atoms. The van der Waals surface area contributed by atoms with Crippen LogP contribution in [0.1, 0.15) is 33.1 Å². The van der Waals surface area contributed by atoms with Crippen LogP contribution in [0.15, 0.2) is 0 Å². The van der Waals surface area contributed by atoms with Gasteiger partial charge in [0.2, 0.25) is 0 Å². The lowest BCUT2D eigenvalue weighted by atomic mass is 10.2. The third kappa shape index (κ3) is 4.58. The van der Waals surface area contributed by atoms with E-state index in [1.54, 1.807) is 0 Å². The lowest BCUT2D eigenvalue weighted by molar-refractivity contribution is -0.142. The van der Waals surface area contributed by atoms with Gasteiger partial charge in [-0.2, -0.15) is 0 Å². The molecule has 0 aromatic carbocycles. The molecular weight excluding hydrogens is 280 g/mol. The minimum absolute atomic E-state index is 0. The Bertz CT molecular complexity index is 315. The zero-order valence-electron chi connectivity index (χ0n) is 12.4. The third-order valence-electron chi connectivity index (χ3n) is 3.77. The zero-order chi connectivity index (χ0) is 13.8. The monoisotopic (exact) mass is 306 g/mol. The van der Waals surface area contributed by atoms with Crippen molar-refractivity contribution in [1.82, 2.24) is 4.90 Å². The molecule has 2 N–H and O–H groups in total. The maximum atomic E-state index is 12.3. The average Bonchev–Trinajstić information content (AvgIpc) is 3.04. The second kappa shape index (κ2) is 8.17. The van der Waals surface area contributed by atoms with Gasteiger partial charge in [0.15, 0.2) is 0 Å². The highest BCUT2D eigenvalue weighted by molar-refractivity contribution is 5.85. The van der Waals surface area contributed by atoms with Gasteiger partial charge in [-0.3, -0.25) is 4.79 Å². The predicted octanol–water partition coefficient (Wildman–Crippen LogP) is 1.19. The molecule has 1 unspecified atom stereocenters. The lowest BCUT2D eigenvalue weighted by Gasteiger charge is -2.21. The number of nitrogens with zero attached hydrogens (tertiary/aromatic N) is 1. The zero-order valence-corrected chi connectivity index (χ0v) is 13.2. The maximum Gasteiger partial charge on any atom is 0.251 e. The van der Waals surface area contributed by atoms with Crippen LogP contribution in [0.25, 0.3) is 0 Å². The normalized spacial score (nSPS) is 29.8. The number of hydrogen-bond acceptors (Lipinski definition) is 4. The van der Waals surface area contributed by atoms with Gasteiger partial charge >= 0.3 is 0 Å². The summed E-state index contributed by atoms with van der Waals surface area (Å²) < 4.78 is 11.5. The molecule has 2 aliphatic rings. The van der Waals surface area contributed by atoms with E-state index in [9.17, 15) is 4.79 Å². The molecule has 2 fully saturated rings. The van der Waals surface area contributed by atoms with E-state index >= 15 is 0 Å². The summed E-state index contributed by atoms with van der Waals surface area (Å²) in [5, 5.41) is 0. The summed E-state index contributed by atoms with van der Waals surface area (Å²) in [6.07, 6.45) is 2.61. The number of carbonyl (C=O) groups is 1. The highest BCUT2D eigenvalue weighted by Crippen LogP contribution is 2.23. The van der Waals surface area contributed by atoms with Crippen molar-refractivity contribution in [3.05, 3.63) is 0 Å². The molecule has 118 valence electrons. The molecule has 1 amide bonds. The SMILES string of the molecule is CC(C)COC1CCN(C(=O)[C@@H]2CC[C@H](CN)O2)C1.Cl. The van der Waals surface area contributed by atoms with Crippen LogP contribution in [0.5, 0.6) is 0 Å². The summed E-state index contributed by atoms with van der Waals surface area (Å²) in [7, 11) is 0. The van der Waals surface area contributed by atoms with Crippen molar-refractivity contribution >= 4 is 18.3 Å². The van der Waals surface area contributed by atoms with Gasteiger partial charge in [-0.05, 0) is 25.2 Å². The van der Waals surface area contributed by atoms with Crippen LogP contribution < -0.4 is 5.73 Å². The van der Waals surface area contributed by atoms with Gasteiger partial charge < -0.3 is 20.1 Å². The standard InChI is InChI=1S/C14H26N2O3.ClH/c1-10(2)9-18-12-5-6-16(8-12)14(17)13-4-3-11(7-15)19-13;/h10-13H,3-9,15H2,1-2H3;1H/t11-,12?,13+;/m1./s1. The first kappa shape index (κ1) is 17.7. The average molecular weight is 307 g/mol. The summed E-state index contributed by atoms with van der Waals surface area (Å²) in [6.45, 7) is 7.04. The Labute approximate surface area is 127 Å². The summed E-state index contributed by atoms with van der Waals surface area (Å²) in [4.78, 5) is 14.2. The number of ether oxygens (including phenoxy) is 2. The molecule has 2 aliphatic heterocycles. The Kier molecular flexibility index (Phi) is 7.23. The summed E-state index contributed by atoms with van der Waals surface area (Å²) in [6, 6.07) is 0. The Morgan fingerprint density at radius 2 is 2.15 bits per heavy atom. The van der Waals surface area contributed by atoms with Gasteiger partial charge in [0.05, 0.1) is 12.2 Å². The van der Waals surface area contributed by atoms with Crippen LogP contribution in [0, 0.1) is 5.92 Å². The largest absolute Gasteiger partial charge is 0.376 e. The van der Waals surface area contributed by atoms with Gasteiger partial charge in [0, 0.05) is 26.2 Å². The van der Waals surface area contributed by atoms with Crippen molar-refractivity contribution < 1.29 is 14.3 Å². The van der Waals surface area contributed by atoms with Crippen LogP contribution in [0.3, 0.4) is 0 Å². The topological polar surface area (TPSA) is 64.8 Å². The van der Waals surface area contributed by atoms with Crippen molar-refractivity contribution in [2.24, 2.45) is 11.7 Å². The van der Waals surface area contributed by atoms with Crippen molar-refractivity contribution in [3.8, 4) is 0 Å². The number of likely N-dealkylation sites (tertiary alicyclic amines) is 1. The minimum atomic E-state index is -0.280. The Hall–Kier alpha value is -0.360. The fourth-order valence-electron chi connectivity index (χ4n) is 2.66. The Morgan fingerprint density at radius 3 is 2.75 bits per heavy atom. The number of hydrogen-bond donors (Lipinski definition) is 1. The number of halogens is 1. The van der Waals surface area contributed by atoms with Crippen molar-refractivity contribution in [1.29, 1.82) is 0 Å². The predicted molar refractivity (Wildman–Crippen MR) is 80.0 cm³/mol. The highest BCUT2D eigenvalue weighted by atomic mass is 35.5. The van der Waals surface area contributed by atoms with Crippen LogP contribution in [0.2, 0.25) is 0 Å². The van der Waals surface area contributed by atoms with E-state index in [0.29, 0.717) is 19.0 Å². The molecule has 0 radical (unpaired) electrons. The summed E-state index contributed by atoms with van der Waals surface area (Å²) >= 11 is 0. The second-order valence-electron chi connectivity index (χ2n) is 5.98. The highest BCUT2D eigenvalue weighted by Gasteiger charge is 2.36. The van der Waals surface area contributed by atoms with E-state index in [0.717, 1.165) is 32.4 Å². The number of amides is 1. The molecule has 0 bridgehead atoms. The first-order valence-corrected chi connectivity index (χ1v) is 7.36. The molecule has 0 aromatic rings. The van der Waals surface area contributed by atoms with E-state index in [1.165, 1.54) is 0 Å². The van der Waals surface area contributed by atoms with Crippen LogP contribution >= 0.6 is 12.4 Å². The van der Waals surface area contributed by atoms with Gasteiger partial charge in [-0.25, -0.2) is 0 Å². The Balaban J connectivity index is 0.00000200. The van der Waals surface area contributed by atoms with Crippen molar-refractivity contribution in [3.63, 3.8) is 0 Å². The molecule has 6 heteroatoms. The van der Waals surface area contributed by atoms with Crippen LogP contribution in [-0.2, 0) is 14.3 Å². The molecule has 5 nitrogen and oxygen atoms in total. The van der Waals surface area contributed by atoms with E-state index in [1.807, 2.05) is 4.90 Å². The first-order chi connectivity index (χ1) is 9.10. The van der Waals surface area contributed by atoms with E-state index in [2.05, 4.69) is 13.8 Å². The molecule has 0 aromatic heterocycles. The van der Waals surface area contributed by atoms with E-state index in [4.69, 9.17) is 15.2 Å². The molecule has 0 aliphatic carbocycles. The third-order valence-corrected chi connectivity index (χ3v) is 3.77. The molecule has 2 rings (SSSR count). The second-order valence-corrected chi connectivity index (χ2v) is 5.98. The van der Waals surface area contributed by atoms with Gasteiger partial charge in [0.1, 0.15) is 6.10 Å². The minimum Gasteiger partial charge on any atom is -0.376 e.